The second kappa shape index (κ2) is 6.35. The molecular formula is C49H27N. The van der Waals surface area contributed by atoms with Gasteiger partial charge < -0.3 is 5.32 Å². The molecule has 50 heavy (non-hydrogen) atoms. The highest BCUT2D eigenvalue weighted by Crippen LogP contribution is 2.76. The zero-order valence-electron chi connectivity index (χ0n) is 27.4. The molecule has 1 fully saturated rings. The third-order valence-corrected chi connectivity index (χ3v) is 17.0. The number of rotatable bonds is 3. The maximum absolute atomic E-state index is 6.24. The van der Waals surface area contributed by atoms with Gasteiger partial charge in [-0.05, 0) is 179 Å². The second-order valence-electron chi connectivity index (χ2n) is 17.7. The molecular weight excluding hydrogens is 603 g/mol. The van der Waals surface area contributed by atoms with E-state index in [0.29, 0.717) is 17.8 Å². The molecule has 6 atom stereocenters. The minimum atomic E-state index is -0.190. The number of allylic oxidation sites excluding steroid dienone is 1. The Bertz CT molecular complexity index is 3600. The molecule has 6 aliphatic carbocycles. The lowest BCUT2D eigenvalue weighted by Crippen LogP contribution is -2.49. The molecule has 5 unspecified atom stereocenters. The minimum absolute atomic E-state index is 0.163. The predicted molar refractivity (Wildman–Crippen MR) is 207 cm³/mol. The molecule has 0 aromatic heterocycles. The average molecular weight is 630 g/mol. The lowest BCUT2D eigenvalue weighted by atomic mass is 9.52. The van der Waals surface area contributed by atoms with E-state index in [1.54, 1.807) is 120 Å². The van der Waals surface area contributed by atoms with E-state index in [1.165, 1.54) is 34.2 Å². The first-order valence-corrected chi connectivity index (χ1v) is 19.1. The van der Waals surface area contributed by atoms with Crippen LogP contribution in [0.5, 0.6) is 0 Å². The third kappa shape index (κ3) is 1.66. The number of nitrogens with one attached hydrogen (secondary N) is 1. The summed E-state index contributed by atoms with van der Waals surface area (Å²) in [7, 11) is 0. The van der Waals surface area contributed by atoms with E-state index in [9.17, 15) is 0 Å². The Morgan fingerprint density at radius 3 is 2.30 bits per heavy atom. The van der Waals surface area contributed by atoms with Gasteiger partial charge in [0.25, 0.3) is 0 Å². The predicted octanol–water partition coefficient (Wildman–Crippen LogP) is 10.1. The number of hydrogen-bond acceptors (Lipinski definition) is 1. The van der Waals surface area contributed by atoms with E-state index in [1.807, 2.05) is 0 Å². The van der Waals surface area contributed by atoms with Crippen LogP contribution in [0.4, 0.5) is 0 Å². The monoisotopic (exact) mass is 629 g/mol. The van der Waals surface area contributed by atoms with Crippen LogP contribution in [0.25, 0.3) is 109 Å². The molecule has 1 saturated heterocycles. The molecule has 1 N–H and O–H groups in total. The first-order chi connectivity index (χ1) is 24.7. The molecule has 1 heteroatoms. The molecule has 0 saturated carbocycles. The highest BCUT2D eigenvalue weighted by molar-refractivity contribution is 6.61. The van der Waals surface area contributed by atoms with E-state index in [-0.39, 0.29) is 16.9 Å². The van der Waals surface area contributed by atoms with Crippen molar-refractivity contribution in [1.82, 2.24) is 5.32 Å². The summed E-state index contributed by atoms with van der Waals surface area (Å²) < 4.78 is 0. The van der Waals surface area contributed by atoms with Gasteiger partial charge in [-0.15, -0.1) is 24.7 Å². The Hall–Kier alpha value is -5.08. The summed E-state index contributed by atoms with van der Waals surface area (Å²) in [4.78, 5) is 0. The van der Waals surface area contributed by atoms with E-state index in [4.69, 9.17) is 12.8 Å². The molecule has 7 aliphatic rings. The van der Waals surface area contributed by atoms with Crippen LogP contribution in [0.2, 0.25) is 0 Å². The first kappa shape index (κ1) is 23.3. The topological polar surface area (TPSA) is 12.0 Å². The Morgan fingerprint density at radius 1 is 0.680 bits per heavy atom. The second-order valence-corrected chi connectivity index (χ2v) is 17.7. The van der Waals surface area contributed by atoms with Gasteiger partial charge in [0.05, 0.1) is 0 Å². The quantitative estimate of drug-likeness (QED) is 0.152. The molecule has 10 aromatic carbocycles. The minimum Gasteiger partial charge on any atom is -0.311 e. The molecule has 228 valence electrons. The number of terminal acetylenes is 2. The zero-order chi connectivity index (χ0) is 31.6. The van der Waals surface area contributed by atoms with Crippen LogP contribution in [0.3, 0.4) is 0 Å². The van der Waals surface area contributed by atoms with Gasteiger partial charge >= 0.3 is 0 Å². The van der Waals surface area contributed by atoms with E-state index in [2.05, 4.69) is 53.6 Å². The molecule has 1 aliphatic heterocycles. The summed E-state index contributed by atoms with van der Waals surface area (Å²) in [6, 6.07) is 10.3. The fraction of sp³-hybridized carbons (Fsp3) is 0.265. The summed E-state index contributed by atoms with van der Waals surface area (Å²) in [5.74, 6) is 8.04. The maximum atomic E-state index is 6.24. The summed E-state index contributed by atoms with van der Waals surface area (Å²) in [5, 5.41) is 34.2. The summed E-state index contributed by atoms with van der Waals surface area (Å²) >= 11 is 0. The van der Waals surface area contributed by atoms with Gasteiger partial charge in [-0.25, -0.2) is 0 Å². The van der Waals surface area contributed by atoms with Gasteiger partial charge in [0.15, 0.2) is 0 Å². The summed E-state index contributed by atoms with van der Waals surface area (Å²) in [5.41, 5.74) is 11.5. The van der Waals surface area contributed by atoms with Gasteiger partial charge in [-0.3, -0.25) is 0 Å². The standard InChI is InChI=1S/C49H27N/c1-3-5-15-48-16-25-24-12-11-21-20-8-7-18-19-9-10-22-23-13-14-26-36-34(23)39-31(22)30(19)37-28(18)29(20)38-32(21)33(24)40-35(25)47(49(26,48)17-50-27(48)6-4-2)46(36)45-43(39)41(37)42(38)44(40)45/h1-2,7-8,11-12,14,16,19,22-23,27,50H,5-6,9-10,13,15,17H2/t19?,22?,23?,27?,48?,49-/m0/s1. The summed E-state index contributed by atoms with van der Waals surface area (Å²) in [6.07, 6.45) is 24.2. The first-order valence-electron chi connectivity index (χ1n) is 19.1. The number of benzene rings is 7. The summed E-state index contributed by atoms with van der Waals surface area (Å²) in [6.45, 7) is 0.941. The Balaban J connectivity index is 1.30. The van der Waals surface area contributed by atoms with Crippen molar-refractivity contribution in [2.24, 2.45) is 5.41 Å². The molecule has 1 heterocycles. The van der Waals surface area contributed by atoms with Gasteiger partial charge in [0, 0.05) is 42.2 Å². The highest BCUT2D eigenvalue weighted by atomic mass is 15.0. The fourth-order valence-corrected chi connectivity index (χ4v) is 16.1. The molecule has 0 bridgehead atoms. The van der Waals surface area contributed by atoms with Crippen molar-refractivity contribution in [2.75, 3.05) is 6.54 Å². The molecule has 1 nitrogen and oxygen atoms in total. The molecule has 10 aromatic rings. The van der Waals surface area contributed by atoms with Crippen molar-refractivity contribution in [3.8, 4) is 24.7 Å². The van der Waals surface area contributed by atoms with Crippen LogP contribution in [-0.4, -0.2) is 12.6 Å². The van der Waals surface area contributed by atoms with Crippen LogP contribution < -0.4 is 10.5 Å². The van der Waals surface area contributed by atoms with Gasteiger partial charge in [0.1, 0.15) is 0 Å². The third-order valence-electron chi connectivity index (χ3n) is 17.0. The van der Waals surface area contributed by atoms with Crippen molar-refractivity contribution < 1.29 is 0 Å². The van der Waals surface area contributed by atoms with Gasteiger partial charge in [-0.2, -0.15) is 0 Å². The normalized spacial score (nSPS) is 30.6. The Morgan fingerprint density at radius 2 is 1.42 bits per heavy atom. The van der Waals surface area contributed by atoms with Crippen molar-refractivity contribution in [2.45, 2.75) is 67.7 Å². The number of fused-ring (bicyclic) bond motifs is 4. The van der Waals surface area contributed by atoms with Crippen molar-refractivity contribution in [3.63, 3.8) is 0 Å². The Kier molecular flexibility index (Phi) is 2.96. The maximum Gasteiger partial charge on any atom is 0.0449 e. The van der Waals surface area contributed by atoms with Crippen molar-refractivity contribution in [1.29, 1.82) is 0 Å². The SMILES string of the molecule is C#CCCC12C=c3c4ccc5c6ccc7c8c9c%10c%11c%12c%13c%14c%15c(c3c3c4c5c(c68)c4c9c%12c%15c34)[C@]1(CNC2CC#C)C%14=CCC%13C%11CCC7%10. The lowest BCUT2D eigenvalue weighted by molar-refractivity contribution is 0.262. The van der Waals surface area contributed by atoms with E-state index >= 15 is 0 Å². The zero-order valence-corrected chi connectivity index (χ0v) is 27.4. The van der Waals surface area contributed by atoms with E-state index in [0.717, 1.165) is 32.2 Å². The smallest absolute Gasteiger partial charge is 0.0449 e. The fourth-order valence-electron chi connectivity index (χ4n) is 16.1. The van der Waals surface area contributed by atoms with Crippen LogP contribution in [0.15, 0.2) is 30.3 Å². The Labute approximate surface area is 286 Å². The highest BCUT2D eigenvalue weighted by Gasteiger charge is 2.67. The largest absolute Gasteiger partial charge is 0.311 e. The van der Waals surface area contributed by atoms with Crippen molar-refractivity contribution >= 4 is 109 Å². The molecule has 1 spiro atoms. The van der Waals surface area contributed by atoms with E-state index < -0.39 is 0 Å². The van der Waals surface area contributed by atoms with Gasteiger partial charge in [-0.1, -0.05) is 36.4 Å². The van der Waals surface area contributed by atoms with Gasteiger partial charge in [0.2, 0.25) is 0 Å². The number of hydrogen-bond donors (Lipinski definition) is 1. The average Bonchev–Trinajstić information content (AvgIpc) is 3.99. The van der Waals surface area contributed by atoms with Crippen molar-refractivity contribution in [3.05, 3.63) is 68.9 Å². The van der Waals surface area contributed by atoms with Crippen LogP contribution in [-0.2, 0) is 5.41 Å². The molecule has 17 rings (SSSR count). The van der Waals surface area contributed by atoms with Crippen LogP contribution in [0.1, 0.15) is 89.7 Å². The van der Waals surface area contributed by atoms with Crippen LogP contribution >= 0.6 is 0 Å². The molecule has 0 radical (unpaired) electrons. The lowest BCUT2D eigenvalue weighted by Gasteiger charge is -2.48. The van der Waals surface area contributed by atoms with Crippen LogP contribution in [0, 0.1) is 30.1 Å². The molecule has 0 amide bonds.